The number of nitrogens with one attached hydrogen (secondary N) is 1. The van der Waals surface area contributed by atoms with Gasteiger partial charge in [0.25, 0.3) is 5.91 Å². The fourth-order valence-electron chi connectivity index (χ4n) is 3.88. The summed E-state index contributed by atoms with van der Waals surface area (Å²) in [7, 11) is 1.66. The first-order chi connectivity index (χ1) is 16.3. The van der Waals surface area contributed by atoms with Crippen LogP contribution in [0.5, 0.6) is 5.75 Å². The maximum Gasteiger partial charge on any atom is 0.254 e. The first kappa shape index (κ1) is 22.7. The average Bonchev–Trinajstić information content (AvgIpc) is 3.32. The van der Waals surface area contributed by atoms with Gasteiger partial charge in [-0.05, 0) is 48.9 Å². The number of aryl methyl sites for hydroxylation is 1. The molecule has 1 amide bonds. The number of aromatic amines is 1. The van der Waals surface area contributed by atoms with Gasteiger partial charge in [-0.15, -0.1) is 0 Å². The van der Waals surface area contributed by atoms with E-state index in [2.05, 4.69) is 10.2 Å². The Bertz CT molecular complexity index is 1440. The van der Waals surface area contributed by atoms with Gasteiger partial charge in [0.2, 0.25) is 11.9 Å². The van der Waals surface area contributed by atoms with Crippen molar-refractivity contribution in [3.63, 3.8) is 0 Å². The third-order valence-electron chi connectivity index (χ3n) is 5.59. The monoisotopic (exact) mass is 460 g/mol. The fourth-order valence-corrected chi connectivity index (χ4v) is 3.88. The van der Waals surface area contributed by atoms with E-state index in [1.807, 2.05) is 13.0 Å². The van der Waals surface area contributed by atoms with E-state index in [9.17, 15) is 14.4 Å². The lowest BCUT2D eigenvalue weighted by molar-refractivity contribution is -0.908. The second-order valence-corrected chi connectivity index (χ2v) is 7.89. The van der Waals surface area contributed by atoms with Crippen molar-refractivity contribution in [2.24, 2.45) is 0 Å². The van der Waals surface area contributed by atoms with Crippen molar-refractivity contribution in [1.29, 1.82) is 5.26 Å². The quantitative estimate of drug-likeness (QED) is 0.337. The summed E-state index contributed by atoms with van der Waals surface area (Å²) >= 11 is 0. The minimum absolute atomic E-state index is 0.196. The molecule has 9 heteroatoms. The van der Waals surface area contributed by atoms with E-state index in [-0.39, 0.29) is 18.0 Å². The van der Waals surface area contributed by atoms with Gasteiger partial charge >= 0.3 is 0 Å². The van der Waals surface area contributed by atoms with Crippen LogP contribution in [0.4, 0.5) is 4.39 Å². The molecular formula is C25H23FN5O3+. The number of nitrogens with zero attached hydrogens (tertiary/aromatic N) is 4. The molecule has 2 aromatic carbocycles. The minimum Gasteiger partial charge on any atom is -0.493 e. The highest BCUT2D eigenvalue weighted by molar-refractivity contribution is 5.95. The Kier molecular flexibility index (Phi) is 6.15. The minimum atomic E-state index is -0.527. The molecular weight excluding hydrogens is 437 g/mol. The van der Waals surface area contributed by atoms with Gasteiger partial charge in [-0.3, -0.25) is 15.1 Å². The highest BCUT2D eigenvalue weighted by atomic mass is 19.1. The molecule has 8 nitrogen and oxygen atoms in total. The number of rotatable bonds is 6. The van der Waals surface area contributed by atoms with Gasteiger partial charge in [0.05, 0.1) is 47.4 Å². The second kappa shape index (κ2) is 9.19. The Balaban J connectivity index is 1.66. The van der Waals surface area contributed by atoms with Crippen LogP contribution in [0, 0.1) is 24.1 Å². The number of carbonyl (C=O) groups is 1. The molecule has 172 valence electrons. The molecule has 0 radical (unpaired) electrons. The largest absolute Gasteiger partial charge is 0.493 e. The van der Waals surface area contributed by atoms with E-state index >= 15 is 0 Å². The molecule has 2 heterocycles. The molecule has 0 aliphatic carbocycles. The molecule has 2 N–H and O–H groups in total. The number of hydrogen-bond acceptors (Lipinski definition) is 5. The number of pyridine rings is 1. The van der Waals surface area contributed by atoms with E-state index in [0.717, 1.165) is 21.7 Å². The summed E-state index contributed by atoms with van der Waals surface area (Å²) < 4.78 is 20.8. The first-order valence-electron chi connectivity index (χ1n) is 10.6. The van der Waals surface area contributed by atoms with Crippen LogP contribution in [0.25, 0.3) is 22.0 Å². The van der Waals surface area contributed by atoms with Crippen LogP contribution < -0.4 is 9.47 Å². The number of hydrogen-bond donors (Lipinski definition) is 2. The van der Waals surface area contributed by atoms with Gasteiger partial charge in [-0.1, -0.05) is 0 Å². The summed E-state index contributed by atoms with van der Waals surface area (Å²) in [5.74, 6) is -0.376. The highest BCUT2D eigenvalue weighted by Gasteiger charge is 2.21. The molecule has 0 spiro atoms. The molecule has 0 atom stereocenters. The van der Waals surface area contributed by atoms with Crippen molar-refractivity contribution in [3.8, 4) is 22.9 Å². The van der Waals surface area contributed by atoms with Crippen LogP contribution in [-0.2, 0) is 6.54 Å². The standard InChI is InChI=1S/C25H22FN5O3/c1-4-34-23-10-17(5-6-21(23)18-7-16(11-27)8-20(26)9-18)25(32)30(3)13-19-14-31(33)15(2)22-12-28-29-24(19)22/h5-10,12,14,33H,4,13H2,1-3H3/p+1. The summed E-state index contributed by atoms with van der Waals surface area (Å²) in [5, 5.41) is 27.1. The van der Waals surface area contributed by atoms with E-state index in [0.29, 0.717) is 40.3 Å². The van der Waals surface area contributed by atoms with Crippen LogP contribution in [0.2, 0.25) is 0 Å². The average molecular weight is 460 g/mol. The number of aromatic nitrogens is 3. The third kappa shape index (κ3) is 4.26. The number of halogens is 1. The molecule has 4 rings (SSSR count). The van der Waals surface area contributed by atoms with Gasteiger partial charge in [0.15, 0.2) is 0 Å². The Morgan fingerprint density at radius 2 is 2.12 bits per heavy atom. The number of H-pyrrole nitrogens is 1. The van der Waals surface area contributed by atoms with Crippen LogP contribution in [-0.4, -0.2) is 39.9 Å². The zero-order chi connectivity index (χ0) is 24.4. The van der Waals surface area contributed by atoms with Crippen molar-refractivity contribution in [2.75, 3.05) is 13.7 Å². The van der Waals surface area contributed by atoms with Crippen LogP contribution in [0.15, 0.2) is 48.8 Å². The summed E-state index contributed by atoms with van der Waals surface area (Å²) in [5.41, 5.74) is 3.72. The van der Waals surface area contributed by atoms with Crippen molar-refractivity contribution in [1.82, 2.24) is 15.1 Å². The van der Waals surface area contributed by atoms with Gasteiger partial charge in [0.1, 0.15) is 11.6 Å². The number of nitriles is 1. The number of benzene rings is 2. The maximum atomic E-state index is 14.0. The topological polar surface area (TPSA) is 106 Å². The second-order valence-electron chi connectivity index (χ2n) is 7.89. The summed E-state index contributed by atoms with van der Waals surface area (Å²) in [6, 6.07) is 10.9. The molecule has 0 aliphatic heterocycles. The van der Waals surface area contributed by atoms with E-state index < -0.39 is 5.82 Å². The Morgan fingerprint density at radius 3 is 2.85 bits per heavy atom. The van der Waals surface area contributed by atoms with Crippen molar-refractivity contribution in [3.05, 3.63) is 77.0 Å². The van der Waals surface area contributed by atoms with Crippen LogP contribution in [0.3, 0.4) is 0 Å². The van der Waals surface area contributed by atoms with Gasteiger partial charge in [-0.25, -0.2) is 4.39 Å². The lowest BCUT2D eigenvalue weighted by atomic mass is 10.00. The Labute approximate surface area is 195 Å². The first-order valence-corrected chi connectivity index (χ1v) is 10.6. The number of fused-ring (bicyclic) bond motifs is 1. The van der Waals surface area contributed by atoms with E-state index in [4.69, 9.17) is 10.00 Å². The molecule has 0 fully saturated rings. The molecule has 0 aliphatic rings. The van der Waals surface area contributed by atoms with Crippen LogP contribution in [0.1, 0.15) is 34.1 Å². The van der Waals surface area contributed by atoms with Crippen molar-refractivity contribution < 1.29 is 23.9 Å². The summed E-state index contributed by atoms with van der Waals surface area (Å²) in [6.45, 7) is 4.15. The SMILES string of the molecule is CCOc1cc(C(=O)N(C)Cc2c[n+](O)c(C)c3cn[nH]c23)ccc1-c1cc(F)cc(C#N)c1. The molecule has 2 aromatic heterocycles. The Hall–Kier alpha value is -4.45. The van der Waals surface area contributed by atoms with Gasteiger partial charge in [-0.2, -0.15) is 10.4 Å². The molecule has 34 heavy (non-hydrogen) atoms. The Morgan fingerprint density at radius 1 is 1.32 bits per heavy atom. The lowest BCUT2D eigenvalue weighted by Crippen LogP contribution is -2.35. The predicted molar refractivity (Wildman–Crippen MR) is 122 cm³/mol. The normalized spacial score (nSPS) is 10.8. The summed E-state index contributed by atoms with van der Waals surface area (Å²) in [4.78, 5) is 14.7. The fraction of sp³-hybridized carbons (Fsp3) is 0.200. The number of carbonyl (C=O) groups excluding carboxylic acids is 1. The highest BCUT2D eigenvalue weighted by Crippen LogP contribution is 2.33. The van der Waals surface area contributed by atoms with Gasteiger partial charge < -0.3 is 9.64 Å². The third-order valence-corrected chi connectivity index (χ3v) is 5.59. The number of ether oxygens (including phenoxy) is 1. The molecule has 0 saturated heterocycles. The van der Waals surface area contributed by atoms with Crippen molar-refractivity contribution >= 4 is 16.8 Å². The molecule has 4 aromatic rings. The smallest absolute Gasteiger partial charge is 0.254 e. The zero-order valence-electron chi connectivity index (χ0n) is 19.0. The van der Waals surface area contributed by atoms with Gasteiger partial charge in [0, 0.05) is 29.8 Å². The van der Waals surface area contributed by atoms with E-state index in [1.165, 1.54) is 11.0 Å². The number of amides is 1. The zero-order valence-corrected chi connectivity index (χ0v) is 19.0. The van der Waals surface area contributed by atoms with E-state index in [1.54, 1.807) is 50.6 Å². The maximum absolute atomic E-state index is 14.0. The lowest BCUT2D eigenvalue weighted by Gasteiger charge is -2.18. The molecule has 0 unspecified atom stereocenters. The van der Waals surface area contributed by atoms with Crippen molar-refractivity contribution in [2.45, 2.75) is 20.4 Å². The predicted octanol–water partition coefficient (Wildman–Crippen LogP) is 3.74. The molecule has 0 bridgehead atoms. The molecule has 0 saturated carbocycles. The van der Waals surface area contributed by atoms with Crippen LogP contribution >= 0.6 is 0 Å². The summed E-state index contributed by atoms with van der Waals surface area (Å²) in [6.07, 6.45) is 3.17.